The van der Waals surface area contributed by atoms with Gasteiger partial charge in [-0.3, -0.25) is 4.90 Å². The Bertz CT molecular complexity index is 166. The van der Waals surface area contributed by atoms with Crippen LogP contribution >= 0.6 is 0 Å². The standard InChI is InChI=1S/C14H30N2/c1-4-7-11-16(6-3)14(8-5-2)12-15-13-9-10-13/h13-15H,4-12H2,1-3H3. The van der Waals surface area contributed by atoms with Gasteiger partial charge in [0.05, 0.1) is 0 Å². The minimum absolute atomic E-state index is 0.766. The first-order valence-electron chi connectivity index (χ1n) is 7.29. The van der Waals surface area contributed by atoms with Crippen molar-refractivity contribution in [2.24, 2.45) is 0 Å². The molecule has 0 aromatic carbocycles. The van der Waals surface area contributed by atoms with Crippen LogP contribution in [0, 0.1) is 0 Å². The fourth-order valence-corrected chi connectivity index (χ4v) is 2.30. The second-order valence-corrected chi connectivity index (χ2v) is 5.11. The topological polar surface area (TPSA) is 15.3 Å². The number of rotatable bonds is 10. The zero-order valence-corrected chi connectivity index (χ0v) is 11.5. The van der Waals surface area contributed by atoms with Crippen molar-refractivity contribution in [3.8, 4) is 0 Å². The Morgan fingerprint density at radius 3 is 2.44 bits per heavy atom. The smallest absolute Gasteiger partial charge is 0.0220 e. The molecule has 2 heteroatoms. The van der Waals surface area contributed by atoms with Gasteiger partial charge in [0.25, 0.3) is 0 Å². The van der Waals surface area contributed by atoms with Crippen LogP contribution < -0.4 is 5.32 Å². The zero-order chi connectivity index (χ0) is 11.8. The molecule has 0 aromatic rings. The largest absolute Gasteiger partial charge is 0.312 e. The van der Waals surface area contributed by atoms with Crippen LogP contribution in [0.4, 0.5) is 0 Å². The van der Waals surface area contributed by atoms with Crippen LogP contribution in [-0.4, -0.2) is 36.6 Å². The van der Waals surface area contributed by atoms with Gasteiger partial charge in [-0.15, -0.1) is 0 Å². The summed E-state index contributed by atoms with van der Waals surface area (Å²) in [4.78, 5) is 2.67. The van der Waals surface area contributed by atoms with Gasteiger partial charge in [-0.2, -0.15) is 0 Å². The Morgan fingerprint density at radius 2 is 1.94 bits per heavy atom. The normalized spacial score (nSPS) is 18.0. The van der Waals surface area contributed by atoms with Crippen molar-refractivity contribution in [1.82, 2.24) is 10.2 Å². The number of nitrogens with zero attached hydrogens (tertiary/aromatic N) is 1. The summed E-state index contributed by atoms with van der Waals surface area (Å²) in [5.74, 6) is 0. The summed E-state index contributed by atoms with van der Waals surface area (Å²) in [5.41, 5.74) is 0. The number of hydrogen-bond acceptors (Lipinski definition) is 2. The lowest BCUT2D eigenvalue weighted by atomic mass is 10.1. The summed E-state index contributed by atoms with van der Waals surface area (Å²) in [6.07, 6.45) is 8.11. The zero-order valence-electron chi connectivity index (χ0n) is 11.5. The molecule has 1 N–H and O–H groups in total. The summed E-state index contributed by atoms with van der Waals surface area (Å²) in [5, 5.41) is 3.69. The van der Waals surface area contributed by atoms with Gasteiger partial charge >= 0.3 is 0 Å². The maximum Gasteiger partial charge on any atom is 0.0220 e. The third kappa shape index (κ3) is 5.31. The first kappa shape index (κ1) is 14.0. The van der Waals surface area contributed by atoms with Crippen molar-refractivity contribution in [2.75, 3.05) is 19.6 Å². The van der Waals surface area contributed by atoms with Crippen LogP contribution in [0.3, 0.4) is 0 Å². The summed E-state index contributed by atoms with van der Waals surface area (Å²) in [6.45, 7) is 10.6. The van der Waals surface area contributed by atoms with Crippen molar-refractivity contribution in [3.05, 3.63) is 0 Å². The molecule has 0 spiro atoms. The molecule has 0 aromatic heterocycles. The third-order valence-corrected chi connectivity index (χ3v) is 3.56. The second kappa shape index (κ2) is 8.08. The van der Waals surface area contributed by atoms with E-state index < -0.39 is 0 Å². The maximum atomic E-state index is 3.69. The van der Waals surface area contributed by atoms with Gasteiger partial charge < -0.3 is 5.32 Å². The molecule has 1 atom stereocenters. The molecule has 0 bridgehead atoms. The lowest BCUT2D eigenvalue weighted by Crippen LogP contribution is -2.43. The monoisotopic (exact) mass is 226 g/mol. The number of unbranched alkanes of at least 4 members (excludes halogenated alkanes) is 1. The highest BCUT2D eigenvalue weighted by atomic mass is 15.2. The Kier molecular flexibility index (Phi) is 7.06. The van der Waals surface area contributed by atoms with Crippen molar-refractivity contribution in [1.29, 1.82) is 0 Å². The SMILES string of the molecule is CCCCN(CC)C(CCC)CNC1CC1. The van der Waals surface area contributed by atoms with Crippen LogP contribution in [-0.2, 0) is 0 Å². The Labute approximate surface area is 102 Å². The molecule has 0 amide bonds. The van der Waals surface area contributed by atoms with E-state index >= 15 is 0 Å². The van der Waals surface area contributed by atoms with Gasteiger partial charge in [0.1, 0.15) is 0 Å². The molecular weight excluding hydrogens is 196 g/mol. The van der Waals surface area contributed by atoms with E-state index in [2.05, 4.69) is 31.0 Å². The van der Waals surface area contributed by atoms with Crippen LogP contribution in [0.25, 0.3) is 0 Å². The Morgan fingerprint density at radius 1 is 1.19 bits per heavy atom. The molecule has 0 radical (unpaired) electrons. The van der Waals surface area contributed by atoms with Gasteiger partial charge in [0.2, 0.25) is 0 Å². The molecule has 1 aliphatic rings. The Hall–Kier alpha value is -0.0800. The Balaban J connectivity index is 2.29. The molecular formula is C14H30N2. The molecule has 0 heterocycles. The molecule has 1 saturated carbocycles. The van der Waals surface area contributed by atoms with E-state index in [1.165, 1.54) is 58.2 Å². The van der Waals surface area contributed by atoms with Crippen molar-refractivity contribution < 1.29 is 0 Å². The van der Waals surface area contributed by atoms with Gasteiger partial charge in [-0.05, 0) is 38.8 Å². The number of hydrogen-bond donors (Lipinski definition) is 1. The molecule has 2 nitrogen and oxygen atoms in total. The average molecular weight is 226 g/mol. The van der Waals surface area contributed by atoms with Crippen molar-refractivity contribution in [3.63, 3.8) is 0 Å². The first-order valence-corrected chi connectivity index (χ1v) is 7.29. The first-order chi connectivity index (χ1) is 7.81. The summed E-state index contributed by atoms with van der Waals surface area (Å²) in [6, 6.07) is 1.62. The van der Waals surface area contributed by atoms with Crippen molar-refractivity contribution in [2.45, 2.75) is 71.4 Å². The van der Waals surface area contributed by atoms with Crippen LogP contribution in [0.15, 0.2) is 0 Å². The van der Waals surface area contributed by atoms with Crippen LogP contribution in [0.1, 0.15) is 59.3 Å². The molecule has 96 valence electrons. The highest BCUT2D eigenvalue weighted by Gasteiger charge is 2.23. The predicted octanol–water partition coefficient (Wildman–Crippen LogP) is 3.03. The van der Waals surface area contributed by atoms with Gasteiger partial charge in [0, 0.05) is 18.6 Å². The van der Waals surface area contributed by atoms with E-state index in [0.717, 1.165) is 12.1 Å². The summed E-state index contributed by atoms with van der Waals surface area (Å²) >= 11 is 0. The molecule has 0 aliphatic heterocycles. The number of likely N-dealkylation sites (N-methyl/N-ethyl adjacent to an activating group) is 1. The molecule has 16 heavy (non-hydrogen) atoms. The van der Waals surface area contributed by atoms with E-state index in [9.17, 15) is 0 Å². The molecule has 1 unspecified atom stereocenters. The minimum Gasteiger partial charge on any atom is -0.312 e. The summed E-state index contributed by atoms with van der Waals surface area (Å²) < 4.78 is 0. The van der Waals surface area contributed by atoms with E-state index in [4.69, 9.17) is 0 Å². The van der Waals surface area contributed by atoms with Gasteiger partial charge in [-0.25, -0.2) is 0 Å². The molecule has 0 saturated heterocycles. The molecule has 1 rings (SSSR count). The van der Waals surface area contributed by atoms with Crippen molar-refractivity contribution >= 4 is 0 Å². The fraction of sp³-hybridized carbons (Fsp3) is 1.00. The highest BCUT2D eigenvalue weighted by molar-refractivity contribution is 4.84. The fourth-order valence-electron chi connectivity index (χ4n) is 2.30. The van der Waals surface area contributed by atoms with Crippen LogP contribution in [0.2, 0.25) is 0 Å². The predicted molar refractivity (Wildman–Crippen MR) is 71.9 cm³/mol. The van der Waals surface area contributed by atoms with Gasteiger partial charge in [0.15, 0.2) is 0 Å². The van der Waals surface area contributed by atoms with E-state index in [0.29, 0.717) is 0 Å². The van der Waals surface area contributed by atoms with Crippen LogP contribution in [0.5, 0.6) is 0 Å². The highest BCUT2D eigenvalue weighted by Crippen LogP contribution is 2.19. The lowest BCUT2D eigenvalue weighted by molar-refractivity contribution is 0.187. The van der Waals surface area contributed by atoms with E-state index in [1.807, 2.05) is 0 Å². The van der Waals surface area contributed by atoms with E-state index in [-0.39, 0.29) is 0 Å². The maximum absolute atomic E-state index is 3.69. The number of nitrogens with one attached hydrogen (secondary N) is 1. The molecule has 1 fully saturated rings. The minimum atomic E-state index is 0.766. The quantitative estimate of drug-likeness (QED) is 0.616. The summed E-state index contributed by atoms with van der Waals surface area (Å²) in [7, 11) is 0. The lowest BCUT2D eigenvalue weighted by Gasteiger charge is -2.31. The average Bonchev–Trinajstić information content (AvgIpc) is 3.10. The van der Waals surface area contributed by atoms with Gasteiger partial charge in [-0.1, -0.05) is 33.6 Å². The third-order valence-electron chi connectivity index (χ3n) is 3.56. The second-order valence-electron chi connectivity index (χ2n) is 5.11. The molecule has 1 aliphatic carbocycles. The van der Waals surface area contributed by atoms with E-state index in [1.54, 1.807) is 0 Å².